The molecule has 0 aliphatic heterocycles. The molecule has 2 aromatic carbocycles. The number of nitrogens with two attached hydrogens (primary N) is 1. The third-order valence-electron chi connectivity index (χ3n) is 4.58. The molecule has 2 unspecified atom stereocenters. The molecule has 2 nitrogen and oxygen atoms in total. The van der Waals surface area contributed by atoms with Crippen molar-refractivity contribution in [3.05, 3.63) is 63.2 Å². The molecule has 1 aliphatic rings. The van der Waals surface area contributed by atoms with Crippen molar-refractivity contribution in [2.24, 2.45) is 11.7 Å². The van der Waals surface area contributed by atoms with Crippen LogP contribution in [0.1, 0.15) is 33.9 Å². The van der Waals surface area contributed by atoms with E-state index in [0.717, 1.165) is 29.0 Å². The Balaban J connectivity index is 1.90. The van der Waals surface area contributed by atoms with Crippen LogP contribution in [0.2, 0.25) is 5.02 Å². The van der Waals surface area contributed by atoms with Crippen LogP contribution in [0.15, 0.2) is 30.3 Å². The monoisotopic (exact) mass is 301 g/mol. The van der Waals surface area contributed by atoms with Crippen molar-refractivity contribution in [2.45, 2.75) is 32.7 Å². The van der Waals surface area contributed by atoms with Crippen molar-refractivity contribution in [3.63, 3.8) is 0 Å². The van der Waals surface area contributed by atoms with Gasteiger partial charge in [0.05, 0.1) is 0 Å². The molecule has 0 saturated carbocycles. The van der Waals surface area contributed by atoms with E-state index >= 15 is 0 Å². The van der Waals surface area contributed by atoms with Crippen molar-refractivity contribution in [1.82, 2.24) is 0 Å². The number of phenolic OH excluding ortho intramolecular Hbond substituents is 1. The molecule has 3 N–H and O–H groups in total. The number of rotatable bonds is 2. The average molecular weight is 302 g/mol. The summed E-state index contributed by atoms with van der Waals surface area (Å²) in [5, 5.41) is 11.1. The lowest BCUT2D eigenvalue weighted by Crippen LogP contribution is -2.19. The molecule has 0 heterocycles. The second kappa shape index (κ2) is 5.36. The summed E-state index contributed by atoms with van der Waals surface area (Å²) in [7, 11) is 0. The van der Waals surface area contributed by atoms with Crippen LogP contribution in [0.4, 0.5) is 0 Å². The highest BCUT2D eigenvalue weighted by atomic mass is 35.5. The van der Waals surface area contributed by atoms with Crippen molar-refractivity contribution >= 4 is 11.6 Å². The first kappa shape index (κ1) is 14.4. The minimum Gasteiger partial charge on any atom is -0.507 e. The number of hydrogen-bond donors (Lipinski definition) is 2. The Hall–Kier alpha value is -1.51. The van der Waals surface area contributed by atoms with Gasteiger partial charge in [-0.1, -0.05) is 29.8 Å². The zero-order chi connectivity index (χ0) is 15.1. The van der Waals surface area contributed by atoms with E-state index in [9.17, 15) is 5.11 Å². The van der Waals surface area contributed by atoms with Gasteiger partial charge in [-0.15, -0.1) is 0 Å². The fourth-order valence-electron chi connectivity index (χ4n) is 3.43. The third-order valence-corrected chi connectivity index (χ3v) is 4.83. The van der Waals surface area contributed by atoms with Crippen LogP contribution in [0.5, 0.6) is 5.75 Å². The highest BCUT2D eigenvalue weighted by Gasteiger charge is 2.33. The Kier molecular flexibility index (Phi) is 3.68. The Labute approximate surface area is 130 Å². The summed E-state index contributed by atoms with van der Waals surface area (Å²) in [6.45, 7) is 4.03. The van der Waals surface area contributed by atoms with Crippen molar-refractivity contribution < 1.29 is 5.11 Å². The van der Waals surface area contributed by atoms with Crippen LogP contribution < -0.4 is 5.73 Å². The number of halogens is 1. The minimum atomic E-state index is -0.103. The fourth-order valence-corrected chi connectivity index (χ4v) is 3.55. The van der Waals surface area contributed by atoms with Crippen molar-refractivity contribution in [1.29, 1.82) is 0 Å². The smallest absolute Gasteiger partial charge is 0.123 e. The number of aryl methyl sites for hydroxylation is 2. The number of benzene rings is 2. The summed E-state index contributed by atoms with van der Waals surface area (Å²) < 4.78 is 0. The molecule has 3 rings (SSSR count). The van der Waals surface area contributed by atoms with Crippen LogP contribution in [-0.4, -0.2) is 5.11 Å². The summed E-state index contributed by atoms with van der Waals surface area (Å²) in [5.74, 6) is 0.703. The Morgan fingerprint density at radius 3 is 2.52 bits per heavy atom. The summed E-state index contributed by atoms with van der Waals surface area (Å²) in [4.78, 5) is 0. The molecule has 1 aliphatic carbocycles. The van der Waals surface area contributed by atoms with Gasteiger partial charge in [-0.25, -0.2) is 0 Å². The number of aromatic hydroxyl groups is 1. The van der Waals surface area contributed by atoms with Crippen LogP contribution in [0.3, 0.4) is 0 Å². The lowest BCUT2D eigenvalue weighted by molar-refractivity contribution is 0.431. The van der Waals surface area contributed by atoms with Gasteiger partial charge < -0.3 is 10.8 Å². The Bertz CT molecular complexity index is 679. The van der Waals surface area contributed by atoms with Crippen LogP contribution >= 0.6 is 11.6 Å². The molecule has 2 aromatic rings. The standard InChI is InChI=1S/C18H20ClNO/c1-10-7-11(2)18(21)16-15(10)9-13(17(16)20)8-12-3-5-14(19)6-4-12/h3-7,13,17,21H,8-9,20H2,1-2H3. The topological polar surface area (TPSA) is 46.2 Å². The first-order chi connectivity index (χ1) is 9.97. The highest BCUT2D eigenvalue weighted by Crippen LogP contribution is 2.44. The molecule has 0 fully saturated rings. The first-order valence-corrected chi connectivity index (χ1v) is 7.67. The highest BCUT2D eigenvalue weighted by molar-refractivity contribution is 6.30. The SMILES string of the molecule is Cc1cc(C)c2c(c1O)C(N)C(Cc1ccc(Cl)cc1)C2. The largest absolute Gasteiger partial charge is 0.507 e. The van der Waals surface area contributed by atoms with Gasteiger partial charge in [0.1, 0.15) is 5.75 Å². The molecule has 0 radical (unpaired) electrons. The molecule has 3 heteroatoms. The van der Waals surface area contributed by atoms with E-state index in [2.05, 4.69) is 19.1 Å². The number of hydrogen-bond acceptors (Lipinski definition) is 2. The molecule has 0 aromatic heterocycles. The summed E-state index contributed by atoms with van der Waals surface area (Å²) in [5.41, 5.74) is 12.0. The molecule has 2 atom stereocenters. The van der Waals surface area contributed by atoms with Gasteiger partial charge >= 0.3 is 0 Å². The van der Waals surface area contributed by atoms with Gasteiger partial charge in [0.15, 0.2) is 0 Å². The number of fused-ring (bicyclic) bond motifs is 1. The van der Waals surface area contributed by atoms with E-state index in [4.69, 9.17) is 17.3 Å². The zero-order valence-corrected chi connectivity index (χ0v) is 13.1. The molecular formula is C18H20ClNO. The van der Waals surface area contributed by atoms with E-state index in [1.165, 1.54) is 16.7 Å². The lowest BCUT2D eigenvalue weighted by Gasteiger charge is -2.17. The second-order valence-electron chi connectivity index (χ2n) is 6.07. The van der Waals surface area contributed by atoms with Gasteiger partial charge in [-0.2, -0.15) is 0 Å². The normalized spacial score (nSPS) is 20.6. The molecular weight excluding hydrogens is 282 g/mol. The molecule has 0 saturated heterocycles. The van der Waals surface area contributed by atoms with Crippen molar-refractivity contribution in [2.75, 3.05) is 0 Å². The van der Waals surface area contributed by atoms with E-state index in [-0.39, 0.29) is 6.04 Å². The van der Waals surface area contributed by atoms with Gasteiger partial charge in [0.2, 0.25) is 0 Å². The molecule has 110 valence electrons. The predicted molar refractivity (Wildman–Crippen MR) is 86.9 cm³/mol. The quantitative estimate of drug-likeness (QED) is 0.878. The van der Waals surface area contributed by atoms with Gasteiger partial charge in [-0.05, 0) is 67.0 Å². The lowest BCUT2D eigenvalue weighted by atomic mass is 9.93. The van der Waals surface area contributed by atoms with E-state index < -0.39 is 0 Å². The second-order valence-corrected chi connectivity index (χ2v) is 6.51. The minimum absolute atomic E-state index is 0.103. The van der Waals surface area contributed by atoms with Crippen molar-refractivity contribution in [3.8, 4) is 5.75 Å². The maximum absolute atomic E-state index is 10.3. The zero-order valence-electron chi connectivity index (χ0n) is 12.4. The summed E-state index contributed by atoms with van der Waals surface area (Å²) in [6.07, 6.45) is 1.84. The molecule has 0 amide bonds. The van der Waals surface area contributed by atoms with Crippen LogP contribution in [0, 0.1) is 19.8 Å². The average Bonchev–Trinajstić information content (AvgIpc) is 2.77. The first-order valence-electron chi connectivity index (χ1n) is 7.29. The van der Waals surface area contributed by atoms with E-state index in [0.29, 0.717) is 11.7 Å². The van der Waals surface area contributed by atoms with E-state index in [1.54, 1.807) is 0 Å². The predicted octanol–water partition coefficient (Wildman–Crippen LogP) is 4.08. The maximum Gasteiger partial charge on any atom is 0.123 e. The maximum atomic E-state index is 10.3. The molecule has 0 bridgehead atoms. The number of phenols is 1. The van der Waals surface area contributed by atoms with Gasteiger partial charge in [-0.3, -0.25) is 0 Å². The Morgan fingerprint density at radius 2 is 1.86 bits per heavy atom. The van der Waals surface area contributed by atoms with Gasteiger partial charge in [0.25, 0.3) is 0 Å². The van der Waals surface area contributed by atoms with Gasteiger partial charge in [0, 0.05) is 16.6 Å². The third kappa shape index (κ3) is 2.54. The van der Waals surface area contributed by atoms with E-state index in [1.807, 2.05) is 25.1 Å². The molecule has 21 heavy (non-hydrogen) atoms. The summed E-state index contributed by atoms with van der Waals surface area (Å²) >= 11 is 5.93. The van der Waals surface area contributed by atoms with Crippen LogP contribution in [-0.2, 0) is 12.8 Å². The fraction of sp³-hybridized carbons (Fsp3) is 0.333. The molecule has 0 spiro atoms. The summed E-state index contributed by atoms with van der Waals surface area (Å²) in [6, 6.07) is 9.88. The van der Waals surface area contributed by atoms with Crippen LogP contribution in [0.25, 0.3) is 0 Å². The Morgan fingerprint density at radius 1 is 1.19 bits per heavy atom.